The van der Waals surface area contributed by atoms with Crippen molar-refractivity contribution >= 4 is 35.6 Å². The quantitative estimate of drug-likeness (QED) is 0.242. The second-order valence-electron chi connectivity index (χ2n) is 9.10. The van der Waals surface area contributed by atoms with Crippen LogP contribution in [0.2, 0.25) is 0 Å². The molecule has 0 spiro atoms. The van der Waals surface area contributed by atoms with Crippen molar-refractivity contribution in [3.63, 3.8) is 0 Å². The number of thiocarbonyl (C=S) groups is 1. The first-order valence-corrected chi connectivity index (χ1v) is 12.1. The van der Waals surface area contributed by atoms with Gasteiger partial charge in [0.05, 0.1) is 16.7 Å². The normalized spacial score (nSPS) is 18.1. The van der Waals surface area contributed by atoms with Crippen molar-refractivity contribution in [2.24, 2.45) is 0 Å². The number of alkyl halides is 6. The fourth-order valence-corrected chi connectivity index (χ4v) is 5.01. The number of benzene rings is 2. The van der Waals surface area contributed by atoms with Crippen molar-refractivity contribution in [2.45, 2.75) is 56.7 Å². The van der Waals surface area contributed by atoms with Gasteiger partial charge in [0.15, 0.2) is 5.11 Å². The zero-order valence-corrected chi connectivity index (χ0v) is 21.0. The Morgan fingerprint density at radius 2 is 1.66 bits per heavy atom. The minimum atomic E-state index is -5.19. The van der Waals surface area contributed by atoms with Gasteiger partial charge in [0.25, 0.3) is 0 Å². The Balaban J connectivity index is 1.80. The summed E-state index contributed by atoms with van der Waals surface area (Å²) in [5, 5.41) is 33.6. The highest BCUT2D eigenvalue weighted by atomic mass is 32.1. The molecule has 0 aromatic heterocycles. The highest BCUT2D eigenvalue weighted by Gasteiger charge is 2.42. The average molecular weight is 558 g/mol. The first-order valence-electron chi connectivity index (χ1n) is 11.7. The molecule has 6 nitrogen and oxygen atoms in total. The van der Waals surface area contributed by atoms with Crippen molar-refractivity contribution in [1.29, 1.82) is 5.26 Å². The van der Waals surface area contributed by atoms with E-state index >= 15 is 0 Å². The largest absolute Gasteiger partial charge is 0.488 e. The number of likely N-dealkylation sites (N-methyl/N-ethyl adjacent to an activating group) is 1. The molecule has 0 heterocycles. The van der Waals surface area contributed by atoms with Gasteiger partial charge < -0.3 is 20.7 Å². The van der Waals surface area contributed by atoms with Crippen LogP contribution in [-0.4, -0.2) is 46.3 Å². The minimum Gasteiger partial charge on any atom is -0.423 e. The second kappa shape index (κ2) is 11.9. The van der Waals surface area contributed by atoms with Gasteiger partial charge in [-0.15, -0.1) is 0 Å². The molecule has 0 amide bonds. The number of rotatable bonds is 6. The summed E-state index contributed by atoms with van der Waals surface area (Å²) in [4.78, 5) is 1.99. The zero-order valence-electron chi connectivity index (χ0n) is 20.2. The molecule has 4 N–H and O–H groups in total. The maximum atomic E-state index is 13.5. The Kier molecular flexibility index (Phi) is 9.30. The summed E-state index contributed by atoms with van der Waals surface area (Å²) in [5.41, 5.74) is -4.41. The summed E-state index contributed by atoms with van der Waals surface area (Å²) in [6, 6.07) is 8.33. The number of nitriles is 1. The molecule has 3 rings (SSSR count). The van der Waals surface area contributed by atoms with Crippen LogP contribution in [0.3, 0.4) is 0 Å². The van der Waals surface area contributed by atoms with Crippen LogP contribution in [0.5, 0.6) is 0 Å². The molecule has 1 aliphatic rings. The van der Waals surface area contributed by atoms with E-state index in [2.05, 4.69) is 10.6 Å². The fourth-order valence-electron chi connectivity index (χ4n) is 4.74. The summed E-state index contributed by atoms with van der Waals surface area (Å²) in [5.74, 6) is 0. The van der Waals surface area contributed by atoms with Crippen molar-refractivity contribution in [3.05, 3.63) is 58.7 Å². The van der Waals surface area contributed by atoms with E-state index in [0.29, 0.717) is 36.1 Å². The number of nitrogens with one attached hydrogen (secondary N) is 2. The van der Waals surface area contributed by atoms with E-state index in [1.807, 2.05) is 11.9 Å². The third-order valence-electron chi connectivity index (χ3n) is 6.48. The summed E-state index contributed by atoms with van der Waals surface area (Å²) >= 11 is 5.24. The highest BCUT2D eigenvalue weighted by molar-refractivity contribution is 7.80. The van der Waals surface area contributed by atoms with Crippen LogP contribution in [0.25, 0.3) is 0 Å². The molecule has 14 heteroatoms. The van der Waals surface area contributed by atoms with E-state index in [4.69, 9.17) is 17.5 Å². The van der Waals surface area contributed by atoms with Gasteiger partial charge in [-0.25, -0.2) is 0 Å². The van der Waals surface area contributed by atoms with Crippen LogP contribution >= 0.6 is 12.2 Å². The van der Waals surface area contributed by atoms with Crippen LogP contribution in [0.1, 0.15) is 47.9 Å². The lowest BCUT2D eigenvalue weighted by molar-refractivity contribution is -0.143. The molecule has 204 valence electrons. The number of hydrogen-bond acceptors (Lipinski definition) is 5. The van der Waals surface area contributed by atoms with Crippen molar-refractivity contribution in [3.8, 4) is 6.07 Å². The lowest BCUT2D eigenvalue weighted by Crippen LogP contribution is -2.53. The molecule has 0 unspecified atom stereocenters. The Labute approximate surface area is 221 Å². The van der Waals surface area contributed by atoms with Gasteiger partial charge in [-0.05, 0) is 55.3 Å². The molecule has 1 saturated carbocycles. The molecule has 2 aromatic rings. The fraction of sp³-hybridized carbons (Fsp3) is 0.417. The maximum Gasteiger partial charge on any atom is 0.488 e. The molecular formula is C24H25BF6N4O2S. The van der Waals surface area contributed by atoms with Gasteiger partial charge >= 0.3 is 19.5 Å². The number of anilines is 1. The number of halogens is 6. The van der Waals surface area contributed by atoms with Gasteiger partial charge in [0, 0.05) is 24.3 Å². The molecular weight excluding hydrogens is 533 g/mol. The van der Waals surface area contributed by atoms with Gasteiger partial charge in [0.1, 0.15) is 6.07 Å². The van der Waals surface area contributed by atoms with Gasteiger partial charge in [0.2, 0.25) is 0 Å². The Bertz CT molecular complexity index is 1170. The molecule has 0 saturated heterocycles. The first-order chi connectivity index (χ1) is 17.7. The molecule has 0 aliphatic heterocycles. The van der Waals surface area contributed by atoms with Crippen LogP contribution in [0.4, 0.5) is 32.0 Å². The van der Waals surface area contributed by atoms with E-state index in [-0.39, 0.29) is 17.2 Å². The van der Waals surface area contributed by atoms with Gasteiger partial charge in [-0.1, -0.05) is 37.1 Å². The van der Waals surface area contributed by atoms with E-state index < -0.39 is 41.8 Å². The van der Waals surface area contributed by atoms with Crippen LogP contribution < -0.4 is 16.1 Å². The standard InChI is InChI=1S/C24H25BF6N4O2S/c1-35(13-14-6-2-3-7-19(14)25(36)37)21-9-5-4-8-20(21)34-22(38)33-15-10-17(23(26,27)28)16(12-32)18(11-15)24(29,30)31/h2-3,6-7,10-11,20-21,36-37H,4-5,8-9,13H2,1H3,(H2,33,34,38)/t20-,21-/m1/s1. The lowest BCUT2D eigenvalue weighted by Gasteiger charge is -2.39. The molecule has 2 atom stereocenters. The second-order valence-corrected chi connectivity index (χ2v) is 9.51. The van der Waals surface area contributed by atoms with Crippen LogP contribution in [0, 0.1) is 11.3 Å². The predicted octanol–water partition coefficient (Wildman–Crippen LogP) is 4.01. The highest BCUT2D eigenvalue weighted by Crippen LogP contribution is 2.41. The van der Waals surface area contributed by atoms with Gasteiger partial charge in [-0.3, -0.25) is 4.90 Å². The maximum absolute atomic E-state index is 13.5. The van der Waals surface area contributed by atoms with Crippen LogP contribution in [0.15, 0.2) is 36.4 Å². The van der Waals surface area contributed by atoms with E-state index in [1.54, 1.807) is 24.3 Å². The van der Waals surface area contributed by atoms with E-state index in [1.165, 1.54) is 0 Å². The Morgan fingerprint density at radius 3 is 2.21 bits per heavy atom. The Morgan fingerprint density at radius 1 is 1.08 bits per heavy atom. The molecule has 1 fully saturated rings. The number of hydrogen-bond donors (Lipinski definition) is 4. The van der Waals surface area contributed by atoms with Crippen molar-refractivity contribution in [2.75, 3.05) is 12.4 Å². The summed E-state index contributed by atoms with van der Waals surface area (Å²) in [7, 11) is 0.195. The Hall–Kier alpha value is -2.86. The number of nitrogens with zero attached hydrogens (tertiary/aromatic N) is 2. The topological polar surface area (TPSA) is 91.6 Å². The SMILES string of the molecule is CN(Cc1ccccc1B(O)O)[C@@H]1CCCC[C@H]1NC(=S)Nc1cc(C(F)(F)F)c(C#N)c(C(F)(F)F)c1. The molecule has 2 aromatic carbocycles. The molecule has 0 bridgehead atoms. The predicted molar refractivity (Wildman–Crippen MR) is 134 cm³/mol. The van der Waals surface area contributed by atoms with E-state index in [0.717, 1.165) is 25.3 Å². The summed E-state index contributed by atoms with van der Waals surface area (Å²) in [6.45, 7) is 0.371. The van der Waals surface area contributed by atoms with Crippen molar-refractivity contribution in [1.82, 2.24) is 10.2 Å². The summed E-state index contributed by atoms with van der Waals surface area (Å²) < 4.78 is 80.8. The first kappa shape index (κ1) is 29.7. The molecule has 0 radical (unpaired) electrons. The third-order valence-corrected chi connectivity index (χ3v) is 6.70. The smallest absolute Gasteiger partial charge is 0.423 e. The molecule has 1 aliphatic carbocycles. The zero-order chi connectivity index (χ0) is 28.3. The minimum absolute atomic E-state index is 0.107. The van der Waals surface area contributed by atoms with Gasteiger partial charge in [-0.2, -0.15) is 31.6 Å². The average Bonchev–Trinajstić information content (AvgIpc) is 2.82. The van der Waals surface area contributed by atoms with E-state index in [9.17, 15) is 36.4 Å². The summed E-state index contributed by atoms with van der Waals surface area (Å²) in [6.07, 6.45) is -7.24. The van der Waals surface area contributed by atoms with Crippen LogP contribution in [-0.2, 0) is 18.9 Å². The molecule has 38 heavy (non-hydrogen) atoms. The lowest BCUT2D eigenvalue weighted by atomic mass is 9.77. The third kappa shape index (κ3) is 7.16. The van der Waals surface area contributed by atoms with Crippen molar-refractivity contribution < 1.29 is 36.4 Å². The monoisotopic (exact) mass is 558 g/mol.